The van der Waals surface area contributed by atoms with Gasteiger partial charge in [-0.15, -0.1) is 0 Å². The van der Waals surface area contributed by atoms with Crippen LogP contribution < -0.4 is 10.6 Å². The molecule has 0 aliphatic heterocycles. The minimum absolute atomic E-state index is 1.03. The Morgan fingerprint density at radius 1 is 0.622 bits per heavy atom. The molecule has 1 N–H and O–H groups in total. The summed E-state index contributed by atoms with van der Waals surface area (Å²) in [5, 5.41) is 8.51. The molecule has 0 radical (unpaired) electrons. The fraction of sp³-hybridized carbons (Fsp3) is 0.0286. The second-order valence-corrected chi connectivity index (χ2v) is 9.96. The Morgan fingerprint density at radius 3 is 2.16 bits per heavy atom. The second kappa shape index (κ2) is 7.35. The molecule has 174 valence electrons. The number of nitrogens with zero attached hydrogens (tertiary/aromatic N) is 1. The third-order valence-electron chi connectivity index (χ3n) is 8.00. The van der Waals surface area contributed by atoms with Gasteiger partial charge in [-0.3, -0.25) is 0 Å². The average molecular weight is 473 g/mol. The Kier molecular flexibility index (Phi) is 4.05. The lowest BCUT2D eigenvalue weighted by Crippen LogP contribution is -2.27. The summed E-state index contributed by atoms with van der Waals surface area (Å²) in [6.45, 7) is 6.92. The molecule has 37 heavy (non-hydrogen) atoms. The average Bonchev–Trinajstić information content (AvgIpc) is 3.57. The maximum Gasteiger partial charge on any atom is 0.0620 e. The fourth-order valence-corrected chi connectivity index (χ4v) is 6.40. The Hall–Kier alpha value is -4.82. The molecule has 8 rings (SSSR count). The lowest BCUT2D eigenvalue weighted by atomic mass is 9.90. The summed E-state index contributed by atoms with van der Waals surface area (Å²) in [5.41, 5.74) is 9.68. The molecule has 5 aromatic carbocycles. The van der Waals surface area contributed by atoms with Gasteiger partial charge in [0, 0.05) is 54.2 Å². The fourth-order valence-electron chi connectivity index (χ4n) is 6.40. The molecule has 0 saturated carbocycles. The van der Waals surface area contributed by atoms with Gasteiger partial charge >= 0.3 is 0 Å². The Bertz CT molecular complexity index is 2280. The predicted molar refractivity (Wildman–Crippen MR) is 157 cm³/mol. The second-order valence-electron chi connectivity index (χ2n) is 9.96. The molecule has 0 aliphatic carbocycles. The number of aromatic nitrogens is 2. The van der Waals surface area contributed by atoms with Gasteiger partial charge in [-0.2, -0.15) is 0 Å². The van der Waals surface area contributed by atoms with Crippen molar-refractivity contribution in [1.82, 2.24) is 9.38 Å². The number of fused-ring (bicyclic) bond motifs is 6. The highest BCUT2D eigenvalue weighted by molar-refractivity contribution is 6.16. The smallest absolute Gasteiger partial charge is 0.0620 e. The summed E-state index contributed by atoms with van der Waals surface area (Å²) in [7, 11) is 0. The normalized spacial score (nSPS) is 13.0. The highest BCUT2D eigenvalue weighted by Gasteiger charge is 2.20. The molecule has 0 bridgehead atoms. The molecule has 0 atom stereocenters. The van der Waals surface area contributed by atoms with Crippen LogP contribution in [0.15, 0.2) is 109 Å². The molecule has 2 heteroatoms. The van der Waals surface area contributed by atoms with Crippen molar-refractivity contribution in [2.75, 3.05) is 0 Å². The van der Waals surface area contributed by atoms with Crippen LogP contribution in [0.2, 0.25) is 0 Å². The monoisotopic (exact) mass is 472 g/mol. The van der Waals surface area contributed by atoms with Gasteiger partial charge in [0.25, 0.3) is 0 Å². The molecule has 0 unspecified atom stereocenters. The molecular weight excluding hydrogens is 448 g/mol. The van der Waals surface area contributed by atoms with Gasteiger partial charge in [0.05, 0.1) is 16.6 Å². The summed E-state index contributed by atoms with van der Waals surface area (Å²) in [6.07, 6.45) is 0. The van der Waals surface area contributed by atoms with Crippen molar-refractivity contribution in [3.63, 3.8) is 0 Å². The third kappa shape index (κ3) is 2.65. The minimum atomic E-state index is 1.03. The zero-order valence-corrected chi connectivity index (χ0v) is 20.5. The number of rotatable bonds is 2. The largest absolute Gasteiger partial charge is 0.354 e. The van der Waals surface area contributed by atoms with E-state index in [-0.39, 0.29) is 0 Å². The van der Waals surface area contributed by atoms with E-state index in [4.69, 9.17) is 6.58 Å². The van der Waals surface area contributed by atoms with Crippen LogP contribution in [-0.4, -0.2) is 9.38 Å². The summed E-state index contributed by atoms with van der Waals surface area (Å²) in [4.78, 5) is 3.75. The lowest BCUT2D eigenvalue weighted by molar-refractivity contribution is 1.22. The Balaban J connectivity index is 1.66. The lowest BCUT2D eigenvalue weighted by Gasteiger charge is -2.13. The highest BCUT2D eigenvalue weighted by atomic mass is 14.9. The Morgan fingerprint density at radius 2 is 1.27 bits per heavy atom. The van der Waals surface area contributed by atoms with E-state index in [2.05, 4.69) is 126 Å². The number of nitrogens with one attached hydrogen (secondary N) is 1. The topological polar surface area (TPSA) is 20.2 Å². The van der Waals surface area contributed by atoms with Crippen molar-refractivity contribution in [3.8, 4) is 0 Å². The van der Waals surface area contributed by atoms with Crippen molar-refractivity contribution in [2.45, 2.75) is 6.92 Å². The molecule has 0 spiro atoms. The molecule has 8 aromatic rings. The summed E-state index contributed by atoms with van der Waals surface area (Å²) >= 11 is 0. The van der Waals surface area contributed by atoms with E-state index in [1.807, 2.05) is 0 Å². The molecule has 2 nitrogen and oxygen atoms in total. The number of aryl methyl sites for hydroxylation is 1. The molecule has 0 aliphatic rings. The number of hydrogen-bond acceptors (Lipinski definition) is 0. The standard InChI is InChI=1S/C35H24N2/c1-21-11-3-4-12-23(21)33(28-17-9-15-26-24-13-5-7-19-30(24)36-34(26)28)32-22(2)37-31-20-8-6-14-25(31)27-16-10-18-29(32)35(27)37/h3-20,36H,2H2,1H3/b33-32-. The van der Waals surface area contributed by atoms with Gasteiger partial charge in [-0.05, 0) is 30.2 Å². The number of benzene rings is 5. The zero-order chi connectivity index (χ0) is 24.7. The zero-order valence-electron chi connectivity index (χ0n) is 20.5. The molecule has 3 heterocycles. The Labute approximate surface area is 213 Å². The van der Waals surface area contributed by atoms with Crippen LogP contribution in [0.4, 0.5) is 0 Å². The quantitative estimate of drug-likeness (QED) is 0.273. The number of aromatic amines is 1. The van der Waals surface area contributed by atoms with Crippen molar-refractivity contribution in [1.29, 1.82) is 0 Å². The molecular formula is C35H24N2. The predicted octanol–water partition coefficient (Wildman–Crippen LogP) is 7.28. The van der Waals surface area contributed by atoms with Crippen LogP contribution >= 0.6 is 0 Å². The van der Waals surface area contributed by atoms with Gasteiger partial charge in [0.2, 0.25) is 0 Å². The van der Waals surface area contributed by atoms with E-state index in [0.29, 0.717) is 0 Å². The van der Waals surface area contributed by atoms with Crippen molar-refractivity contribution < 1.29 is 0 Å². The van der Waals surface area contributed by atoms with Crippen LogP contribution in [0.25, 0.3) is 61.1 Å². The molecule has 0 amide bonds. The third-order valence-corrected chi connectivity index (χ3v) is 8.00. The van der Waals surface area contributed by atoms with E-state index in [0.717, 1.165) is 16.4 Å². The van der Waals surface area contributed by atoms with Gasteiger partial charge in [0.1, 0.15) is 0 Å². The van der Waals surface area contributed by atoms with E-state index in [1.54, 1.807) is 0 Å². The van der Waals surface area contributed by atoms with Gasteiger partial charge in [-0.25, -0.2) is 0 Å². The van der Waals surface area contributed by atoms with E-state index in [1.165, 1.54) is 65.4 Å². The summed E-state index contributed by atoms with van der Waals surface area (Å²) in [6, 6.07) is 39.3. The van der Waals surface area contributed by atoms with Gasteiger partial charge in [0.15, 0.2) is 0 Å². The van der Waals surface area contributed by atoms with Crippen LogP contribution in [0.3, 0.4) is 0 Å². The summed E-state index contributed by atoms with van der Waals surface area (Å²) in [5.74, 6) is 0. The van der Waals surface area contributed by atoms with Crippen molar-refractivity contribution in [3.05, 3.63) is 136 Å². The van der Waals surface area contributed by atoms with Gasteiger partial charge < -0.3 is 9.38 Å². The number of hydrogen-bond donors (Lipinski definition) is 1. The molecule has 0 saturated heterocycles. The summed E-state index contributed by atoms with van der Waals surface area (Å²) < 4.78 is 2.36. The molecule has 0 fully saturated rings. The van der Waals surface area contributed by atoms with Crippen molar-refractivity contribution >= 4 is 61.1 Å². The maximum atomic E-state index is 4.72. The first-order valence-corrected chi connectivity index (χ1v) is 12.7. The van der Waals surface area contributed by atoms with E-state index >= 15 is 0 Å². The first-order chi connectivity index (χ1) is 18.2. The highest BCUT2D eigenvalue weighted by Crippen LogP contribution is 2.35. The van der Waals surface area contributed by atoms with Crippen LogP contribution in [0.5, 0.6) is 0 Å². The van der Waals surface area contributed by atoms with Gasteiger partial charge in [-0.1, -0.05) is 104 Å². The van der Waals surface area contributed by atoms with Crippen LogP contribution in [0.1, 0.15) is 16.7 Å². The maximum absolute atomic E-state index is 4.72. The van der Waals surface area contributed by atoms with E-state index in [9.17, 15) is 0 Å². The number of H-pyrrole nitrogens is 1. The van der Waals surface area contributed by atoms with E-state index < -0.39 is 0 Å². The minimum Gasteiger partial charge on any atom is -0.354 e. The van der Waals surface area contributed by atoms with Crippen molar-refractivity contribution in [2.24, 2.45) is 0 Å². The van der Waals surface area contributed by atoms with Crippen LogP contribution in [-0.2, 0) is 0 Å². The van der Waals surface area contributed by atoms with Crippen LogP contribution in [0, 0.1) is 6.92 Å². The molecule has 3 aromatic heterocycles. The first-order valence-electron chi connectivity index (χ1n) is 12.7. The SMILES string of the molecule is C=c1/c(=C(\c2ccccc2C)c2cccc3c2[nH]c2ccccc23)c2cccc3c4ccccc4n1c23. The first kappa shape index (κ1) is 20.4. The number of para-hydroxylation sites is 4.